The van der Waals surface area contributed by atoms with Crippen molar-refractivity contribution in [1.82, 2.24) is 0 Å². The third-order valence-corrected chi connectivity index (χ3v) is 3.32. The second kappa shape index (κ2) is 7.33. The Labute approximate surface area is 117 Å². The molecule has 0 aliphatic heterocycles. The lowest BCUT2D eigenvalue weighted by molar-refractivity contribution is -0.646. The number of pyridine rings is 1. The molecule has 0 aliphatic rings. The number of hydrogen-bond donors (Lipinski definition) is 1. The number of rotatable bonds is 4. The van der Waals surface area contributed by atoms with Gasteiger partial charge in [0.2, 0.25) is 5.69 Å². The van der Waals surface area contributed by atoms with Crippen molar-refractivity contribution in [3.05, 3.63) is 29.6 Å². The highest BCUT2D eigenvalue weighted by Crippen LogP contribution is 2.03. The molecule has 0 spiro atoms. The van der Waals surface area contributed by atoms with E-state index in [1.807, 2.05) is 36.9 Å². The molecule has 1 N–H and O–H groups in total. The molecule has 0 radical (unpaired) electrons. The molecule has 98 valence electrons. The third-order valence-electron chi connectivity index (χ3n) is 2.14. The van der Waals surface area contributed by atoms with Crippen LogP contribution in [0, 0.1) is 13.8 Å². The Kier molecular flexibility index (Phi) is 6.07. The summed E-state index contributed by atoms with van der Waals surface area (Å²) in [6.07, 6.45) is 1.90. The van der Waals surface area contributed by atoms with Crippen LogP contribution in [0.25, 0.3) is 0 Å². The number of carbonyl (C=O) groups is 1. The van der Waals surface area contributed by atoms with Crippen molar-refractivity contribution in [3.63, 3.8) is 0 Å². The average Bonchev–Trinajstić information content (AvgIpc) is 2.31. The maximum Gasteiger partial charge on any atom is 0.316 e. The van der Waals surface area contributed by atoms with Gasteiger partial charge in [-0.05, 0) is 31.6 Å². The number of thiocarbonyl (C=S) groups is 1. The Balaban J connectivity index is 2.47. The zero-order chi connectivity index (χ0) is 13.5. The lowest BCUT2D eigenvalue weighted by atomic mass is 10.2. The van der Waals surface area contributed by atoms with Crippen molar-refractivity contribution in [3.8, 4) is 0 Å². The van der Waals surface area contributed by atoms with E-state index in [4.69, 9.17) is 17.0 Å². The quantitative estimate of drug-likeness (QED) is 0.518. The fourth-order valence-electron chi connectivity index (χ4n) is 1.34. The van der Waals surface area contributed by atoms with Crippen LogP contribution >= 0.6 is 24.0 Å². The van der Waals surface area contributed by atoms with E-state index in [2.05, 4.69) is 5.43 Å². The molecule has 0 amide bonds. The number of aryl methyl sites for hydroxylation is 2. The molecular formula is C12H17N2O2S2+. The van der Waals surface area contributed by atoms with E-state index in [-0.39, 0.29) is 11.7 Å². The molecule has 0 fully saturated rings. The summed E-state index contributed by atoms with van der Waals surface area (Å²) in [6, 6.07) is 4.03. The normalized spacial score (nSPS) is 9.94. The van der Waals surface area contributed by atoms with Crippen molar-refractivity contribution in [2.24, 2.45) is 0 Å². The van der Waals surface area contributed by atoms with Crippen LogP contribution < -0.4 is 10.1 Å². The van der Waals surface area contributed by atoms with Crippen LogP contribution in [0.5, 0.6) is 0 Å². The van der Waals surface area contributed by atoms with E-state index in [1.165, 1.54) is 17.3 Å². The first-order valence-corrected chi connectivity index (χ1v) is 7.00. The van der Waals surface area contributed by atoms with E-state index < -0.39 is 0 Å². The van der Waals surface area contributed by atoms with Gasteiger partial charge in [-0.25, -0.2) is 0 Å². The summed E-state index contributed by atoms with van der Waals surface area (Å²) in [5.74, 6) is -0.0252. The molecule has 0 aromatic carbocycles. The third kappa shape index (κ3) is 5.01. The van der Waals surface area contributed by atoms with E-state index in [1.54, 1.807) is 6.92 Å². The first-order chi connectivity index (χ1) is 8.52. The van der Waals surface area contributed by atoms with Crippen LogP contribution in [0.15, 0.2) is 18.3 Å². The topological polar surface area (TPSA) is 42.2 Å². The van der Waals surface area contributed by atoms with Crippen molar-refractivity contribution < 1.29 is 14.2 Å². The van der Waals surface area contributed by atoms with Gasteiger partial charge in [0.25, 0.3) is 0 Å². The summed E-state index contributed by atoms with van der Waals surface area (Å²) in [5, 5.41) is 0. The van der Waals surface area contributed by atoms with Gasteiger partial charge in [0.05, 0.1) is 12.4 Å². The molecule has 1 aromatic rings. The zero-order valence-electron chi connectivity index (χ0n) is 10.7. The fraction of sp³-hybridized carbons (Fsp3) is 0.417. The van der Waals surface area contributed by atoms with Crippen molar-refractivity contribution in [2.75, 3.05) is 17.8 Å². The minimum Gasteiger partial charge on any atom is -0.465 e. The highest BCUT2D eigenvalue weighted by atomic mass is 32.2. The van der Waals surface area contributed by atoms with Crippen LogP contribution in [0.1, 0.15) is 18.2 Å². The van der Waals surface area contributed by atoms with Gasteiger partial charge < -0.3 is 4.74 Å². The van der Waals surface area contributed by atoms with Gasteiger partial charge in [-0.15, -0.1) is 5.43 Å². The van der Waals surface area contributed by atoms with E-state index in [9.17, 15) is 4.79 Å². The second-order valence-corrected chi connectivity index (χ2v) is 5.36. The van der Waals surface area contributed by atoms with Gasteiger partial charge in [0.1, 0.15) is 0 Å². The largest absolute Gasteiger partial charge is 0.465 e. The first kappa shape index (κ1) is 14.9. The summed E-state index contributed by atoms with van der Waals surface area (Å²) in [5.41, 5.74) is 5.28. The van der Waals surface area contributed by atoms with Crippen molar-refractivity contribution in [2.45, 2.75) is 20.8 Å². The molecule has 0 atom stereocenters. The van der Waals surface area contributed by atoms with Crippen LogP contribution in [0.2, 0.25) is 0 Å². The Morgan fingerprint density at radius 3 is 2.89 bits per heavy atom. The molecule has 0 saturated heterocycles. The van der Waals surface area contributed by atoms with Crippen LogP contribution in [-0.2, 0) is 9.53 Å². The number of aromatic nitrogens is 1. The molecule has 1 aromatic heterocycles. The number of nitrogens with one attached hydrogen (secondary N) is 1. The molecule has 18 heavy (non-hydrogen) atoms. The molecule has 4 nitrogen and oxygen atoms in total. The molecule has 0 aliphatic carbocycles. The van der Waals surface area contributed by atoms with E-state index in [0.717, 1.165) is 5.69 Å². The van der Waals surface area contributed by atoms with Gasteiger partial charge in [0.15, 0.2) is 10.5 Å². The monoisotopic (exact) mass is 285 g/mol. The van der Waals surface area contributed by atoms with Gasteiger partial charge in [0, 0.05) is 19.1 Å². The molecule has 0 unspecified atom stereocenters. The summed E-state index contributed by atoms with van der Waals surface area (Å²) >= 11 is 6.41. The zero-order valence-corrected chi connectivity index (χ0v) is 12.4. The van der Waals surface area contributed by atoms with Crippen molar-refractivity contribution in [1.29, 1.82) is 0 Å². The smallest absolute Gasteiger partial charge is 0.316 e. The maximum absolute atomic E-state index is 11.2. The Bertz CT molecular complexity index is 450. The maximum atomic E-state index is 11.2. The van der Waals surface area contributed by atoms with Crippen LogP contribution in [-0.4, -0.2) is 22.6 Å². The van der Waals surface area contributed by atoms with Gasteiger partial charge in [-0.2, -0.15) is 0 Å². The Hall–Kier alpha value is -1.14. The first-order valence-electron chi connectivity index (χ1n) is 5.61. The standard InChI is InChI=1S/C12H16N2O2S2/c1-4-16-11(15)8-18-12(17)13-14-6-5-9(2)7-10(14)3/h5-7H,4,8H2,1-3H3/p+1. The average molecular weight is 285 g/mol. The number of hydrogen-bond acceptors (Lipinski definition) is 4. The molecule has 6 heteroatoms. The highest BCUT2D eigenvalue weighted by molar-refractivity contribution is 8.23. The number of carbonyl (C=O) groups excluding carboxylic acids is 1. The lowest BCUT2D eigenvalue weighted by Gasteiger charge is -2.04. The molecule has 1 heterocycles. The molecule has 0 saturated carbocycles. The molecular weight excluding hydrogens is 268 g/mol. The SMILES string of the molecule is CCOC(=O)CSC(=S)N[n+]1ccc(C)cc1C. The molecule has 1 rings (SSSR count). The fourth-order valence-corrected chi connectivity index (χ4v) is 2.11. The van der Waals surface area contributed by atoms with E-state index in [0.29, 0.717) is 10.9 Å². The minimum absolute atomic E-state index is 0.227. The van der Waals surface area contributed by atoms with Crippen molar-refractivity contribution >= 4 is 34.3 Å². The van der Waals surface area contributed by atoms with Crippen LogP contribution in [0.4, 0.5) is 0 Å². The lowest BCUT2D eigenvalue weighted by Crippen LogP contribution is -2.49. The second-order valence-electron chi connectivity index (χ2n) is 3.71. The van der Waals surface area contributed by atoms with Crippen LogP contribution in [0.3, 0.4) is 0 Å². The van der Waals surface area contributed by atoms with Gasteiger partial charge in [-0.1, -0.05) is 16.4 Å². The summed E-state index contributed by atoms with van der Waals surface area (Å²) < 4.78 is 7.20. The Morgan fingerprint density at radius 1 is 1.56 bits per heavy atom. The Morgan fingerprint density at radius 2 is 2.28 bits per heavy atom. The number of nitrogens with zero attached hydrogens (tertiary/aromatic N) is 1. The number of esters is 1. The molecule has 0 bridgehead atoms. The summed E-state index contributed by atoms with van der Waals surface area (Å²) in [7, 11) is 0. The van der Waals surface area contributed by atoms with Gasteiger partial charge in [-0.3, -0.25) is 4.79 Å². The minimum atomic E-state index is -0.253. The highest BCUT2D eigenvalue weighted by Gasteiger charge is 2.11. The van der Waals surface area contributed by atoms with Gasteiger partial charge >= 0.3 is 5.97 Å². The summed E-state index contributed by atoms with van der Waals surface area (Å²) in [6.45, 7) is 6.19. The predicted molar refractivity (Wildman–Crippen MR) is 77.2 cm³/mol. The summed E-state index contributed by atoms with van der Waals surface area (Å²) in [4.78, 5) is 11.2. The number of ether oxygens (including phenoxy) is 1. The number of thioether (sulfide) groups is 1. The van der Waals surface area contributed by atoms with E-state index >= 15 is 0 Å². The predicted octanol–water partition coefficient (Wildman–Crippen LogP) is 1.72.